The minimum Gasteiger partial charge on any atom is -0.493 e. The summed E-state index contributed by atoms with van der Waals surface area (Å²) in [4.78, 5) is 23.8. The Balaban J connectivity index is 1.70. The van der Waals surface area contributed by atoms with Crippen molar-refractivity contribution in [2.24, 2.45) is 5.92 Å². The number of aliphatic hydroxyl groups is 1. The molecule has 7 nitrogen and oxygen atoms in total. The third-order valence-corrected chi connectivity index (χ3v) is 6.17. The molecule has 0 spiro atoms. The molecule has 0 bridgehead atoms. The maximum atomic E-state index is 11.6. The number of amides is 2. The average Bonchev–Trinajstić information content (AvgIpc) is 3.60. The summed E-state index contributed by atoms with van der Waals surface area (Å²) in [5.41, 5.74) is -0.0900. The number of hydrogen-bond donors (Lipinski definition) is 3. The van der Waals surface area contributed by atoms with Gasteiger partial charge in [-0.1, -0.05) is 31.0 Å². The highest BCUT2D eigenvalue weighted by atomic mass is 32.2. The number of aldehydes is 1. The van der Waals surface area contributed by atoms with Crippen molar-refractivity contribution in [2.45, 2.75) is 44.6 Å². The molecular formula is C22H35N3O4S. The number of ether oxygens (including phenoxy) is 1. The first kappa shape index (κ1) is 24.5. The van der Waals surface area contributed by atoms with Gasteiger partial charge in [0.05, 0.1) is 13.2 Å². The van der Waals surface area contributed by atoms with Crippen molar-refractivity contribution in [3.63, 3.8) is 0 Å². The van der Waals surface area contributed by atoms with Crippen molar-refractivity contribution >= 4 is 24.3 Å². The number of nitrogens with zero attached hydrogens (tertiary/aromatic N) is 1. The molecule has 0 aromatic heterocycles. The van der Waals surface area contributed by atoms with E-state index in [-0.39, 0.29) is 12.6 Å². The fourth-order valence-electron chi connectivity index (χ4n) is 3.05. The Bertz CT molecular complexity index is 672. The largest absolute Gasteiger partial charge is 0.493 e. The summed E-state index contributed by atoms with van der Waals surface area (Å²) in [5, 5.41) is 13.7. The van der Waals surface area contributed by atoms with Crippen LogP contribution < -0.4 is 14.8 Å². The number of unbranched alkanes of at least 4 members (excludes halogenated alkanes) is 1. The molecule has 2 rings (SSSR count). The second kappa shape index (κ2) is 12.8. The average molecular weight is 438 g/mol. The second-order valence-corrected chi connectivity index (χ2v) is 8.70. The Morgan fingerprint density at radius 1 is 1.40 bits per heavy atom. The Morgan fingerprint density at radius 3 is 2.87 bits per heavy atom. The molecule has 1 saturated carbocycles. The van der Waals surface area contributed by atoms with Crippen LogP contribution in [0.1, 0.15) is 44.6 Å². The van der Waals surface area contributed by atoms with Gasteiger partial charge in [-0.3, -0.25) is 4.72 Å². The van der Waals surface area contributed by atoms with Crippen LogP contribution >= 0.6 is 11.9 Å². The molecule has 8 heteroatoms. The van der Waals surface area contributed by atoms with E-state index >= 15 is 0 Å². The lowest BCUT2D eigenvalue weighted by Crippen LogP contribution is -2.39. The van der Waals surface area contributed by atoms with Crippen LogP contribution in [0.3, 0.4) is 0 Å². The number of nitrogens with one attached hydrogen (secondary N) is 2. The van der Waals surface area contributed by atoms with Gasteiger partial charge in [0.15, 0.2) is 0 Å². The van der Waals surface area contributed by atoms with Crippen molar-refractivity contribution in [3.8, 4) is 5.75 Å². The van der Waals surface area contributed by atoms with E-state index in [1.165, 1.54) is 17.7 Å². The molecule has 0 radical (unpaired) electrons. The predicted molar refractivity (Wildman–Crippen MR) is 121 cm³/mol. The molecule has 1 fully saturated rings. The Kier molecular flexibility index (Phi) is 10.5. The minimum absolute atomic E-state index is 0.109. The van der Waals surface area contributed by atoms with Gasteiger partial charge in [0, 0.05) is 25.9 Å². The highest BCUT2D eigenvalue weighted by molar-refractivity contribution is 7.97. The lowest BCUT2D eigenvalue weighted by molar-refractivity contribution is -0.108. The summed E-state index contributed by atoms with van der Waals surface area (Å²) in [6.45, 7) is 3.83. The van der Waals surface area contributed by atoms with Crippen LogP contribution in [0.15, 0.2) is 24.3 Å². The van der Waals surface area contributed by atoms with Crippen molar-refractivity contribution in [3.05, 3.63) is 29.8 Å². The van der Waals surface area contributed by atoms with Crippen molar-refractivity contribution in [1.82, 2.24) is 14.9 Å². The zero-order chi connectivity index (χ0) is 21.8. The highest BCUT2D eigenvalue weighted by Crippen LogP contribution is 2.31. The van der Waals surface area contributed by atoms with E-state index in [0.29, 0.717) is 25.4 Å². The number of hydrogen-bond acceptors (Lipinski definition) is 6. The third-order valence-electron chi connectivity index (χ3n) is 5.33. The van der Waals surface area contributed by atoms with Crippen LogP contribution in [0.2, 0.25) is 0 Å². The zero-order valence-corrected chi connectivity index (χ0v) is 18.9. The molecule has 1 aromatic rings. The molecule has 0 heterocycles. The van der Waals surface area contributed by atoms with Gasteiger partial charge < -0.3 is 24.9 Å². The van der Waals surface area contributed by atoms with Crippen molar-refractivity contribution in [2.75, 3.05) is 39.0 Å². The number of urea groups is 1. The number of benzene rings is 1. The molecule has 1 aliphatic rings. The normalized spacial score (nSPS) is 15.3. The predicted octanol–water partition coefficient (Wildman–Crippen LogP) is 2.93. The van der Waals surface area contributed by atoms with Crippen LogP contribution in [0.25, 0.3) is 0 Å². The number of carbonyl (C=O) groups excluding carboxylic acids is 2. The van der Waals surface area contributed by atoms with E-state index in [1.54, 1.807) is 19.0 Å². The van der Waals surface area contributed by atoms with E-state index in [9.17, 15) is 14.7 Å². The van der Waals surface area contributed by atoms with Gasteiger partial charge in [0.2, 0.25) is 0 Å². The molecule has 0 saturated heterocycles. The van der Waals surface area contributed by atoms with Crippen LogP contribution in [0.5, 0.6) is 5.75 Å². The van der Waals surface area contributed by atoms with Gasteiger partial charge in [-0.15, -0.1) is 0 Å². The summed E-state index contributed by atoms with van der Waals surface area (Å²) >= 11 is 1.57. The summed E-state index contributed by atoms with van der Waals surface area (Å²) in [5.74, 6) is 2.36. The van der Waals surface area contributed by atoms with Crippen molar-refractivity contribution in [1.29, 1.82) is 0 Å². The molecule has 2 amide bonds. The van der Waals surface area contributed by atoms with E-state index in [1.807, 2.05) is 31.2 Å². The minimum atomic E-state index is -0.952. The maximum Gasteiger partial charge on any atom is 0.317 e. The first-order valence-corrected chi connectivity index (χ1v) is 11.7. The van der Waals surface area contributed by atoms with Crippen molar-refractivity contribution < 1.29 is 19.4 Å². The second-order valence-electron chi connectivity index (χ2n) is 7.71. The fourth-order valence-corrected chi connectivity index (χ4v) is 3.88. The molecule has 1 aromatic carbocycles. The van der Waals surface area contributed by atoms with E-state index in [4.69, 9.17) is 4.74 Å². The smallest absolute Gasteiger partial charge is 0.317 e. The molecule has 0 aliphatic heterocycles. The highest BCUT2D eigenvalue weighted by Gasteiger charge is 2.28. The summed E-state index contributed by atoms with van der Waals surface area (Å²) < 4.78 is 9.13. The molecule has 1 unspecified atom stereocenters. The first-order chi connectivity index (χ1) is 14.5. The monoisotopic (exact) mass is 437 g/mol. The summed E-state index contributed by atoms with van der Waals surface area (Å²) in [6, 6.07) is 7.53. The topological polar surface area (TPSA) is 90.9 Å². The molecule has 3 N–H and O–H groups in total. The lowest BCUT2D eigenvalue weighted by atomic mass is 9.91. The lowest BCUT2D eigenvalue weighted by Gasteiger charge is -2.28. The molecule has 168 valence electrons. The maximum absolute atomic E-state index is 11.6. The first-order valence-electron chi connectivity index (χ1n) is 10.7. The zero-order valence-electron chi connectivity index (χ0n) is 18.1. The molecule has 1 atom stereocenters. The van der Waals surface area contributed by atoms with E-state index in [0.717, 1.165) is 42.8 Å². The van der Waals surface area contributed by atoms with Crippen LogP contribution in [-0.2, 0) is 10.4 Å². The van der Waals surface area contributed by atoms with Gasteiger partial charge in [-0.05, 0) is 55.7 Å². The molecule has 30 heavy (non-hydrogen) atoms. The van der Waals surface area contributed by atoms with Gasteiger partial charge >= 0.3 is 6.03 Å². The Morgan fingerprint density at radius 2 is 2.20 bits per heavy atom. The SMILES string of the molecule is CCC(O)(CNSCCCCN(CC=O)C(=O)NC)c1cccc(OCC2CC2)c1. The quantitative estimate of drug-likeness (QED) is 0.222. The summed E-state index contributed by atoms with van der Waals surface area (Å²) in [7, 11) is 1.56. The fraction of sp³-hybridized carbons (Fsp3) is 0.636. The van der Waals surface area contributed by atoms with Gasteiger partial charge in [-0.25, -0.2) is 4.79 Å². The van der Waals surface area contributed by atoms with Crippen LogP contribution in [0, 0.1) is 5.92 Å². The van der Waals surface area contributed by atoms with E-state index < -0.39 is 5.60 Å². The Labute approximate surface area is 184 Å². The third kappa shape index (κ3) is 8.16. The molecular weight excluding hydrogens is 402 g/mol. The number of carbonyl (C=O) groups is 2. The van der Waals surface area contributed by atoms with Gasteiger partial charge in [0.1, 0.15) is 17.6 Å². The molecule has 1 aliphatic carbocycles. The van der Waals surface area contributed by atoms with Crippen LogP contribution in [-0.4, -0.2) is 61.4 Å². The number of rotatable bonds is 15. The van der Waals surface area contributed by atoms with Gasteiger partial charge in [-0.2, -0.15) is 0 Å². The van der Waals surface area contributed by atoms with Gasteiger partial charge in [0.25, 0.3) is 0 Å². The summed E-state index contributed by atoms with van der Waals surface area (Å²) in [6.07, 6.45) is 5.55. The van der Waals surface area contributed by atoms with E-state index in [2.05, 4.69) is 10.0 Å². The standard InChI is InChI=1S/C22H35N3O4S/c1-3-22(28,19-7-6-8-20(15-19)29-16-18-9-10-18)17-24-30-14-5-4-11-25(12-13-26)21(27)23-2/h6-8,13,15,18,24,28H,3-5,9-12,14,16-17H2,1-2H3,(H,23,27). The Hall–Kier alpha value is -1.77. The van der Waals surface area contributed by atoms with Crippen LogP contribution in [0.4, 0.5) is 4.79 Å².